The lowest BCUT2D eigenvalue weighted by atomic mass is 10.1. The third-order valence-electron chi connectivity index (χ3n) is 1.14. The van der Waals surface area contributed by atoms with Gasteiger partial charge in [-0.2, -0.15) is 26.3 Å². The van der Waals surface area contributed by atoms with E-state index in [4.69, 9.17) is 0 Å². The molecule has 0 saturated heterocycles. The van der Waals surface area contributed by atoms with E-state index in [1.807, 2.05) is 0 Å². The summed E-state index contributed by atoms with van der Waals surface area (Å²) in [6.07, 6.45) is -10.7. The van der Waals surface area contributed by atoms with Crippen molar-refractivity contribution < 1.29 is 30.9 Å². The standard InChI is InChI=1S/C4H5F6NOP2/c5-3(6,7)2(4(8,9)10)1-12-14-11-13/h2H,1,13H2. The average molecular weight is 259 g/mol. The summed E-state index contributed by atoms with van der Waals surface area (Å²) in [5.41, 5.74) is 0. The fourth-order valence-corrected chi connectivity index (χ4v) is 0.998. The van der Waals surface area contributed by atoms with Crippen molar-refractivity contribution in [2.45, 2.75) is 12.4 Å². The molecule has 0 saturated carbocycles. The summed E-state index contributed by atoms with van der Waals surface area (Å²) in [6.45, 7) is -1.48. The lowest BCUT2D eigenvalue weighted by molar-refractivity contribution is -0.289. The second kappa shape index (κ2) is 5.24. The predicted octanol–water partition coefficient (Wildman–Crippen LogP) is 3.58. The van der Waals surface area contributed by atoms with Gasteiger partial charge in [0.1, 0.15) is 0 Å². The van der Waals surface area contributed by atoms with Crippen molar-refractivity contribution in [1.82, 2.24) is 0 Å². The molecule has 0 radical (unpaired) electrons. The zero-order valence-corrected chi connectivity index (χ0v) is 8.48. The molecule has 10 heteroatoms. The molecule has 84 valence electrons. The van der Waals surface area contributed by atoms with Crippen molar-refractivity contribution in [2.24, 2.45) is 10.4 Å². The fourth-order valence-electron chi connectivity index (χ4n) is 0.516. The van der Waals surface area contributed by atoms with Crippen molar-refractivity contribution in [3.63, 3.8) is 0 Å². The maximum absolute atomic E-state index is 11.8. The minimum Gasteiger partial charge on any atom is -0.310 e. The van der Waals surface area contributed by atoms with Crippen molar-refractivity contribution in [2.75, 3.05) is 6.61 Å². The third kappa shape index (κ3) is 5.08. The number of hydrogen-bond donors (Lipinski definition) is 0. The minimum absolute atomic E-state index is 0.295. The Balaban J connectivity index is 4.43. The van der Waals surface area contributed by atoms with Crippen LogP contribution in [0.4, 0.5) is 26.3 Å². The van der Waals surface area contributed by atoms with Crippen LogP contribution in [0.5, 0.6) is 0 Å². The molecule has 0 heterocycles. The molecule has 14 heavy (non-hydrogen) atoms. The molecule has 0 amide bonds. The molecule has 0 bridgehead atoms. The van der Waals surface area contributed by atoms with Gasteiger partial charge in [0.2, 0.25) is 0 Å². The van der Waals surface area contributed by atoms with Crippen LogP contribution in [0.25, 0.3) is 0 Å². The first kappa shape index (κ1) is 14.1. The van der Waals surface area contributed by atoms with Gasteiger partial charge in [0.25, 0.3) is 0 Å². The average Bonchev–Trinajstić information content (AvgIpc) is 1.92. The molecule has 0 aliphatic heterocycles. The Morgan fingerprint density at radius 2 is 1.57 bits per heavy atom. The molecule has 0 aromatic rings. The lowest BCUT2D eigenvalue weighted by Gasteiger charge is -2.21. The molecule has 1 atom stereocenters. The molecule has 0 fully saturated rings. The first-order valence-electron chi connectivity index (χ1n) is 3.05. The van der Waals surface area contributed by atoms with Gasteiger partial charge in [0.05, 0.1) is 6.61 Å². The van der Waals surface area contributed by atoms with Crippen LogP contribution in [0, 0.1) is 5.92 Å². The smallest absolute Gasteiger partial charge is 0.310 e. The zero-order chi connectivity index (χ0) is 11.4. The van der Waals surface area contributed by atoms with Crippen molar-refractivity contribution in [1.29, 1.82) is 0 Å². The van der Waals surface area contributed by atoms with E-state index in [1.54, 1.807) is 9.39 Å². The Hall–Kier alpha value is 0.0700. The fraction of sp³-hybridized carbons (Fsp3) is 1.00. The predicted molar refractivity (Wildman–Crippen MR) is 40.6 cm³/mol. The first-order valence-corrected chi connectivity index (χ1v) is 4.33. The van der Waals surface area contributed by atoms with E-state index in [2.05, 4.69) is 9.04 Å². The van der Waals surface area contributed by atoms with E-state index in [-0.39, 0.29) is 8.60 Å². The van der Waals surface area contributed by atoms with Gasteiger partial charge >= 0.3 is 12.4 Å². The molecule has 1 unspecified atom stereocenters. The Morgan fingerprint density at radius 1 is 1.14 bits per heavy atom. The van der Waals surface area contributed by atoms with Gasteiger partial charge in [-0.15, -0.1) is 0 Å². The maximum atomic E-state index is 11.8. The molecule has 2 nitrogen and oxygen atoms in total. The van der Waals surface area contributed by atoms with Gasteiger partial charge < -0.3 is 4.52 Å². The van der Waals surface area contributed by atoms with E-state index < -0.39 is 24.9 Å². The van der Waals surface area contributed by atoms with Gasteiger partial charge in [0, 0.05) is 0 Å². The molecule has 0 aromatic heterocycles. The largest absolute Gasteiger partial charge is 0.402 e. The molecule has 0 aliphatic rings. The molecule has 0 aliphatic carbocycles. The highest BCUT2D eigenvalue weighted by Crippen LogP contribution is 2.39. The number of hydrogen-bond acceptors (Lipinski definition) is 2. The van der Waals surface area contributed by atoms with Crippen LogP contribution < -0.4 is 0 Å². The molecular formula is C4H5F6NOP2. The Labute approximate surface area is 79.2 Å². The monoisotopic (exact) mass is 259 g/mol. The van der Waals surface area contributed by atoms with E-state index in [0.717, 1.165) is 0 Å². The Kier molecular flexibility index (Phi) is 5.26. The van der Waals surface area contributed by atoms with E-state index in [0.29, 0.717) is 0 Å². The second-order valence-electron chi connectivity index (χ2n) is 2.13. The summed E-state index contributed by atoms with van der Waals surface area (Å²) < 4.78 is 78.0. The van der Waals surface area contributed by atoms with Crippen LogP contribution in [0.15, 0.2) is 4.52 Å². The highest BCUT2D eigenvalue weighted by molar-refractivity contribution is 7.31. The molecule has 0 N–H and O–H groups in total. The number of halogens is 6. The van der Waals surface area contributed by atoms with Crippen LogP contribution in [0.3, 0.4) is 0 Å². The summed E-state index contributed by atoms with van der Waals surface area (Å²) in [6, 6.07) is 0. The molecule has 0 spiro atoms. The summed E-state index contributed by atoms with van der Waals surface area (Å²) >= 11 is 0. The van der Waals surface area contributed by atoms with E-state index in [1.165, 1.54) is 0 Å². The highest BCUT2D eigenvalue weighted by atomic mass is 31.1. The highest BCUT2D eigenvalue weighted by Gasteiger charge is 2.56. The van der Waals surface area contributed by atoms with Gasteiger partial charge in [-0.3, -0.25) is 0 Å². The summed E-state index contributed by atoms with van der Waals surface area (Å²) in [7, 11) is 1.45. The van der Waals surface area contributed by atoms with Crippen molar-refractivity contribution in [3.05, 3.63) is 0 Å². The Bertz CT molecular complexity index is 187. The zero-order valence-electron chi connectivity index (χ0n) is 6.43. The van der Waals surface area contributed by atoms with Gasteiger partial charge in [-0.25, -0.2) is 4.52 Å². The molecular weight excluding hydrogens is 254 g/mol. The van der Waals surface area contributed by atoms with E-state index in [9.17, 15) is 26.3 Å². The first-order chi connectivity index (χ1) is 6.19. The van der Waals surface area contributed by atoms with Crippen LogP contribution >= 0.6 is 18.0 Å². The Morgan fingerprint density at radius 3 is 1.86 bits per heavy atom. The minimum atomic E-state index is -5.35. The van der Waals surface area contributed by atoms with Crippen LogP contribution in [0.2, 0.25) is 0 Å². The topological polar surface area (TPSA) is 21.6 Å². The number of nitrogens with zero attached hydrogens (tertiary/aromatic N) is 1. The van der Waals surface area contributed by atoms with Crippen LogP contribution in [-0.2, 0) is 4.52 Å². The summed E-state index contributed by atoms with van der Waals surface area (Å²) in [5, 5.41) is 0. The van der Waals surface area contributed by atoms with Gasteiger partial charge in [-0.05, 0) is 9.39 Å². The SMILES string of the molecule is FC(F)(F)C(COP=NP)C(F)(F)F. The van der Waals surface area contributed by atoms with Crippen molar-refractivity contribution in [3.8, 4) is 0 Å². The molecule has 0 rings (SSSR count). The quantitative estimate of drug-likeness (QED) is 0.560. The van der Waals surface area contributed by atoms with Gasteiger partial charge in [0.15, 0.2) is 14.5 Å². The third-order valence-corrected chi connectivity index (χ3v) is 1.78. The number of rotatable bonds is 3. The summed E-state index contributed by atoms with van der Waals surface area (Å²) in [5.74, 6) is -3.46. The number of alkyl halides is 6. The van der Waals surface area contributed by atoms with Gasteiger partial charge in [-0.1, -0.05) is 0 Å². The van der Waals surface area contributed by atoms with Crippen LogP contribution in [-0.4, -0.2) is 19.0 Å². The molecule has 0 aromatic carbocycles. The lowest BCUT2D eigenvalue weighted by Crippen LogP contribution is -2.39. The normalized spacial score (nSPS) is 14.3. The van der Waals surface area contributed by atoms with E-state index >= 15 is 0 Å². The summed E-state index contributed by atoms with van der Waals surface area (Å²) in [4.78, 5) is 0. The van der Waals surface area contributed by atoms with Crippen molar-refractivity contribution >= 4 is 18.0 Å². The maximum Gasteiger partial charge on any atom is 0.402 e. The van der Waals surface area contributed by atoms with Crippen LogP contribution in [0.1, 0.15) is 0 Å². The second-order valence-corrected chi connectivity index (χ2v) is 3.47.